The number of hydrogen-bond acceptors (Lipinski definition) is 9. The van der Waals surface area contributed by atoms with Gasteiger partial charge in [-0.15, -0.1) is 0 Å². The van der Waals surface area contributed by atoms with Crippen LogP contribution >= 0.6 is 0 Å². The zero-order chi connectivity index (χ0) is 31.5. The third kappa shape index (κ3) is 9.44. The van der Waals surface area contributed by atoms with Crippen molar-refractivity contribution in [3.63, 3.8) is 0 Å². The number of benzene rings is 2. The fourth-order valence-electron chi connectivity index (χ4n) is 4.63. The van der Waals surface area contributed by atoms with E-state index < -0.39 is 29.1 Å². The van der Waals surface area contributed by atoms with Crippen LogP contribution in [-0.2, 0) is 19.1 Å². The van der Waals surface area contributed by atoms with E-state index >= 15 is 0 Å². The lowest BCUT2D eigenvalue weighted by Gasteiger charge is -2.31. The minimum Gasteiger partial charge on any atom is -0.494 e. The van der Waals surface area contributed by atoms with Gasteiger partial charge in [0.2, 0.25) is 5.90 Å². The first-order chi connectivity index (χ1) is 20.5. The van der Waals surface area contributed by atoms with Gasteiger partial charge in [-0.3, -0.25) is 9.59 Å². The standard InChI is InChI=1S/C31H42N6O6/c1-30(2,3)43-26(39)16-17-31(29(40)33-18-8-19-37(4)5)27(24-10-6-7-11-25(24)35-36-32)42-28(34-31)22-12-14-23(15-13-22)41-21-9-20-38/h6-7,10-15,27,38H,8-9,16-21H2,1-5H3,(H,33,40)/t27-,31-/m1/s1. The van der Waals surface area contributed by atoms with Crippen LogP contribution in [0.1, 0.15) is 63.7 Å². The van der Waals surface area contributed by atoms with E-state index in [-0.39, 0.29) is 25.3 Å². The first-order valence-electron chi connectivity index (χ1n) is 14.4. The molecule has 12 heteroatoms. The summed E-state index contributed by atoms with van der Waals surface area (Å²) in [7, 11) is 3.91. The van der Waals surface area contributed by atoms with Crippen LogP contribution in [0.2, 0.25) is 0 Å². The second-order valence-corrected chi connectivity index (χ2v) is 11.5. The number of rotatable bonds is 15. The summed E-state index contributed by atoms with van der Waals surface area (Å²) in [5, 5.41) is 15.9. The molecule has 2 atom stereocenters. The van der Waals surface area contributed by atoms with Crippen molar-refractivity contribution in [2.45, 2.75) is 63.7 Å². The SMILES string of the molecule is CN(C)CCCNC(=O)[C@]1(CCC(=O)OC(C)(C)C)N=C(c2ccc(OCCCO)cc2)O[C@@H]1c1ccccc1N=[N+]=[N-]. The smallest absolute Gasteiger partial charge is 0.306 e. The maximum atomic E-state index is 14.1. The Morgan fingerprint density at radius 3 is 2.53 bits per heavy atom. The van der Waals surface area contributed by atoms with Crippen molar-refractivity contribution in [3.05, 3.63) is 70.1 Å². The van der Waals surface area contributed by atoms with Crippen molar-refractivity contribution in [2.24, 2.45) is 10.1 Å². The molecule has 0 saturated heterocycles. The summed E-state index contributed by atoms with van der Waals surface area (Å²) in [6, 6.07) is 13.9. The highest BCUT2D eigenvalue weighted by atomic mass is 16.6. The molecule has 3 rings (SSSR count). The monoisotopic (exact) mass is 594 g/mol. The van der Waals surface area contributed by atoms with E-state index in [0.717, 1.165) is 6.54 Å². The maximum absolute atomic E-state index is 14.1. The van der Waals surface area contributed by atoms with Gasteiger partial charge in [-0.1, -0.05) is 29.4 Å². The number of carbonyl (C=O) groups excluding carboxylic acids is 2. The van der Waals surface area contributed by atoms with Crippen LogP contribution in [0.4, 0.5) is 5.69 Å². The topological polar surface area (TPSA) is 158 Å². The molecule has 1 aliphatic rings. The molecule has 0 bridgehead atoms. The Bertz CT molecular complexity index is 1320. The van der Waals surface area contributed by atoms with Crippen LogP contribution in [0.3, 0.4) is 0 Å². The molecule has 0 spiro atoms. The molecule has 1 amide bonds. The number of aliphatic hydroxyl groups is 1. The summed E-state index contributed by atoms with van der Waals surface area (Å²) in [5.74, 6) is -0.0666. The highest BCUT2D eigenvalue weighted by Crippen LogP contribution is 2.46. The first kappa shape index (κ1) is 33.4. The molecular formula is C31H42N6O6. The number of azide groups is 1. The minimum absolute atomic E-state index is 0.0114. The maximum Gasteiger partial charge on any atom is 0.306 e. The number of nitrogens with zero attached hydrogens (tertiary/aromatic N) is 5. The molecule has 2 N–H and O–H groups in total. The third-order valence-corrected chi connectivity index (χ3v) is 6.60. The van der Waals surface area contributed by atoms with Crippen LogP contribution in [0.25, 0.3) is 10.4 Å². The van der Waals surface area contributed by atoms with Gasteiger partial charge in [0.1, 0.15) is 11.4 Å². The summed E-state index contributed by atoms with van der Waals surface area (Å²) in [5.41, 5.74) is 8.34. The minimum atomic E-state index is -1.57. The number of esters is 1. The van der Waals surface area contributed by atoms with Crippen LogP contribution < -0.4 is 10.1 Å². The molecule has 0 aromatic heterocycles. The molecule has 0 radical (unpaired) electrons. The van der Waals surface area contributed by atoms with Crippen molar-refractivity contribution in [1.29, 1.82) is 0 Å². The predicted octanol–water partition coefficient (Wildman–Crippen LogP) is 4.84. The molecule has 232 valence electrons. The lowest BCUT2D eigenvalue weighted by molar-refractivity contribution is -0.155. The zero-order valence-electron chi connectivity index (χ0n) is 25.6. The average Bonchev–Trinajstić information content (AvgIpc) is 3.35. The molecule has 0 unspecified atom stereocenters. The fraction of sp³-hybridized carbons (Fsp3) is 0.516. The van der Waals surface area contributed by atoms with E-state index in [1.807, 2.05) is 19.0 Å². The molecule has 43 heavy (non-hydrogen) atoms. The lowest BCUT2D eigenvalue weighted by atomic mass is 9.82. The Morgan fingerprint density at radius 2 is 1.88 bits per heavy atom. The molecule has 0 saturated carbocycles. The summed E-state index contributed by atoms with van der Waals surface area (Å²) in [6.07, 6.45) is 0.105. The van der Waals surface area contributed by atoms with Crippen molar-refractivity contribution < 1.29 is 28.9 Å². The quantitative estimate of drug-likeness (QED) is 0.0982. The Balaban J connectivity index is 2.06. The first-order valence-corrected chi connectivity index (χ1v) is 14.4. The number of ether oxygens (including phenoxy) is 3. The van der Waals surface area contributed by atoms with E-state index in [2.05, 4.69) is 15.3 Å². The van der Waals surface area contributed by atoms with Gasteiger partial charge >= 0.3 is 5.97 Å². The molecule has 12 nitrogen and oxygen atoms in total. The third-order valence-electron chi connectivity index (χ3n) is 6.60. The van der Waals surface area contributed by atoms with Crippen molar-refractivity contribution in [2.75, 3.05) is 40.4 Å². The number of nitrogens with one attached hydrogen (secondary N) is 1. The largest absolute Gasteiger partial charge is 0.494 e. The van der Waals surface area contributed by atoms with E-state index in [1.165, 1.54) is 0 Å². The highest BCUT2D eigenvalue weighted by molar-refractivity contribution is 6.01. The van der Waals surface area contributed by atoms with Crippen molar-refractivity contribution in [1.82, 2.24) is 10.2 Å². The molecule has 2 aromatic carbocycles. The molecular weight excluding hydrogens is 552 g/mol. The van der Waals surface area contributed by atoms with E-state index in [0.29, 0.717) is 48.6 Å². The molecule has 1 aliphatic heterocycles. The molecule has 0 fully saturated rings. The van der Waals surface area contributed by atoms with Crippen LogP contribution in [0.5, 0.6) is 5.75 Å². The van der Waals surface area contributed by atoms with E-state index in [4.69, 9.17) is 24.3 Å². The summed E-state index contributed by atoms with van der Waals surface area (Å²) in [4.78, 5) is 36.9. The second kappa shape index (κ2) is 15.4. The van der Waals surface area contributed by atoms with Crippen LogP contribution in [0, 0.1) is 0 Å². The van der Waals surface area contributed by atoms with Gasteiger partial charge in [-0.25, -0.2) is 4.99 Å². The van der Waals surface area contributed by atoms with Gasteiger partial charge in [0.25, 0.3) is 5.91 Å². The predicted molar refractivity (Wildman–Crippen MR) is 163 cm³/mol. The zero-order valence-corrected chi connectivity index (χ0v) is 25.6. The number of hydrogen-bond donors (Lipinski definition) is 2. The van der Waals surface area contributed by atoms with Gasteiger partial charge in [-0.2, -0.15) is 0 Å². The summed E-state index contributed by atoms with van der Waals surface area (Å²) < 4.78 is 17.6. The van der Waals surface area contributed by atoms with Gasteiger partial charge in [-0.05, 0) is 84.0 Å². The van der Waals surface area contributed by atoms with Gasteiger partial charge < -0.3 is 29.5 Å². The number of carbonyl (C=O) groups is 2. The normalized spacial score (nSPS) is 17.9. The Morgan fingerprint density at radius 1 is 1.16 bits per heavy atom. The lowest BCUT2D eigenvalue weighted by Crippen LogP contribution is -2.49. The summed E-state index contributed by atoms with van der Waals surface area (Å²) in [6.45, 7) is 6.90. The fourth-order valence-corrected chi connectivity index (χ4v) is 4.63. The number of aliphatic imine (C=N–C) groups is 1. The Kier molecular flexibility index (Phi) is 11.9. The van der Waals surface area contributed by atoms with Gasteiger partial charge in [0, 0.05) is 47.7 Å². The van der Waals surface area contributed by atoms with Crippen molar-refractivity contribution in [3.8, 4) is 5.75 Å². The summed E-state index contributed by atoms with van der Waals surface area (Å²) >= 11 is 0. The van der Waals surface area contributed by atoms with E-state index in [9.17, 15) is 15.1 Å². The van der Waals surface area contributed by atoms with E-state index in [1.54, 1.807) is 69.3 Å². The van der Waals surface area contributed by atoms with Gasteiger partial charge in [0.15, 0.2) is 11.6 Å². The average molecular weight is 595 g/mol. The number of amides is 1. The second-order valence-electron chi connectivity index (χ2n) is 11.5. The molecule has 0 aliphatic carbocycles. The van der Waals surface area contributed by atoms with Crippen LogP contribution in [-0.4, -0.2) is 79.3 Å². The highest BCUT2D eigenvalue weighted by Gasteiger charge is 2.53. The number of aliphatic hydroxyl groups excluding tert-OH is 1. The molecule has 2 aromatic rings. The Labute approximate surface area is 252 Å². The van der Waals surface area contributed by atoms with Crippen molar-refractivity contribution >= 4 is 23.5 Å². The van der Waals surface area contributed by atoms with Gasteiger partial charge in [0.05, 0.1) is 6.61 Å². The molecule has 1 heterocycles. The Hall–Kier alpha value is -4.12. The van der Waals surface area contributed by atoms with Crippen LogP contribution in [0.15, 0.2) is 58.6 Å².